The number of carbonyl (C=O) groups excluding carboxylic acids is 1. The van der Waals surface area contributed by atoms with Crippen molar-refractivity contribution in [2.45, 2.75) is 0 Å². The zero-order valence-corrected chi connectivity index (χ0v) is 8.74. The Morgan fingerprint density at radius 2 is 2.27 bits per heavy atom. The smallest absolute Gasteiger partial charge is 0.257 e. The summed E-state index contributed by atoms with van der Waals surface area (Å²) in [4.78, 5) is 10.9. The Morgan fingerprint density at radius 3 is 2.80 bits per heavy atom. The number of hydrogen-bond donors (Lipinski definition) is 2. The summed E-state index contributed by atoms with van der Waals surface area (Å²) in [7, 11) is 3.09. The van der Waals surface area contributed by atoms with Crippen LogP contribution in [0.25, 0.3) is 0 Å². The second-order valence-electron chi connectivity index (χ2n) is 2.87. The van der Waals surface area contributed by atoms with Crippen LogP contribution in [0, 0.1) is 0 Å². The molecule has 0 heterocycles. The van der Waals surface area contributed by atoms with Gasteiger partial charge in [0.05, 0.1) is 12.8 Å². The van der Waals surface area contributed by atoms with Gasteiger partial charge in [-0.2, -0.15) is 0 Å². The van der Waals surface area contributed by atoms with Gasteiger partial charge in [0, 0.05) is 13.1 Å². The molecule has 0 aliphatic rings. The van der Waals surface area contributed by atoms with Crippen LogP contribution in [0.3, 0.4) is 0 Å². The summed E-state index contributed by atoms with van der Waals surface area (Å²) in [6.45, 7) is -0.0255. The second kappa shape index (κ2) is 5.09. The number of benzene rings is 1. The highest BCUT2D eigenvalue weighted by Crippen LogP contribution is 2.25. The molecule has 82 valence electrons. The molecule has 0 aliphatic carbocycles. The number of likely N-dealkylation sites (N-methyl/N-ethyl adjacent to an activating group) is 1. The van der Waals surface area contributed by atoms with Crippen LogP contribution in [-0.2, 0) is 4.79 Å². The van der Waals surface area contributed by atoms with E-state index in [1.807, 2.05) is 0 Å². The van der Waals surface area contributed by atoms with Crippen molar-refractivity contribution in [3.8, 4) is 11.5 Å². The third-order valence-electron chi connectivity index (χ3n) is 1.85. The molecule has 0 aliphatic heterocycles. The molecule has 1 amide bonds. The van der Waals surface area contributed by atoms with Gasteiger partial charge in [-0.05, 0) is 12.1 Å². The van der Waals surface area contributed by atoms with Gasteiger partial charge in [-0.1, -0.05) is 0 Å². The quantitative estimate of drug-likeness (QED) is 0.705. The zero-order valence-electron chi connectivity index (χ0n) is 8.74. The first kappa shape index (κ1) is 11.2. The number of nitrogens with two attached hydrogens (primary N) is 1. The monoisotopic (exact) mass is 210 g/mol. The van der Waals surface area contributed by atoms with Gasteiger partial charge in [0.1, 0.15) is 11.5 Å². The van der Waals surface area contributed by atoms with Crippen LogP contribution in [0.2, 0.25) is 0 Å². The summed E-state index contributed by atoms with van der Waals surface area (Å²) in [6, 6.07) is 4.99. The molecular weight excluding hydrogens is 196 g/mol. The number of rotatable bonds is 4. The van der Waals surface area contributed by atoms with Crippen molar-refractivity contribution in [1.82, 2.24) is 5.32 Å². The third kappa shape index (κ3) is 3.05. The van der Waals surface area contributed by atoms with Crippen molar-refractivity contribution in [2.24, 2.45) is 0 Å². The lowest BCUT2D eigenvalue weighted by Gasteiger charge is -2.08. The minimum absolute atomic E-state index is 0.0255. The Hall–Kier alpha value is -1.91. The first-order valence-corrected chi connectivity index (χ1v) is 4.44. The molecule has 0 unspecified atom stereocenters. The van der Waals surface area contributed by atoms with E-state index < -0.39 is 0 Å². The van der Waals surface area contributed by atoms with E-state index in [0.29, 0.717) is 17.2 Å². The summed E-state index contributed by atoms with van der Waals surface area (Å²) in [5.41, 5.74) is 6.14. The zero-order chi connectivity index (χ0) is 11.3. The molecule has 0 atom stereocenters. The molecule has 1 rings (SSSR count). The lowest BCUT2D eigenvalue weighted by molar-refractivity contribution is -0.122. The molecule has 1 aromatic rings. The van der Waals surface area contributed by atoms with Crippen LogP contribution < -0.4 is 20.5 Å². The Labute approximate surface area is 88.2 Å². The van der Waals surface area contributed by atoms with E-state index in [9.17, 15) is 4.79 Å². The van der Waals surface area contributed by atoms with Crippen LogP contribution in [0.15, 0.2) is 18.2 Å². The maximum Gasteiger partial charge on any atom is 0.257 e. The highest BCUT2D eigenvalue weighted by atomic mass is 16.5. The van der Waals surface area contributed by atoms with Crippen molar-refractivity contribution >= 4 is 11.6 Å². The fraction of sp³-hybridized carbons (Fsp3) is 0.300. The number of amides is 1. The predicted molar refractivity (Wildman–Crippen MR) is 57.0 cm³/mol. The second-order valence-corrected chi connectivity index (χ2v) is 2.87. The van der Waals surface area contributed by atoms with E-state index in [-0.39, 0.29) is 12.5 Å². The maximum absolute atomic E-state index is 10.9. The molecule has 0 aromatic heterocycles. The Morgan fingerprint density at radius 1 is 1.53 bits per heavy atom. The highest BCUT2D eigenvalue weighted by Gasteiger charge is 2.03. The third-order valence-corrected chi connectivity index (χ3v) is 1.85. The first-order valence-electron chi connectivity index (χ1n) is 4.44. The summed E-state index contributed by atoms with van der Waals surface area (Å²) >= 11 is 0. The topological polar surface area (TPSA) is 73.6 Å². The highest BCUT2D eigenvalue weighted by molar-refractivity contribution is 5.77. The molecule has 0 saturated heterocycles. The number of methoxy groups -OCH3 is 1. The van der Waals surface area contributed by atoms with E-state index in [0.717, 1.165) is 0 Å². The summed E-state index contributed by atoms with van der Waals surface area (Å²) in [6.07, 6.45) is 0. The Bertz CT molecular complexity index is 353. The number of hydrogen-bond acceptors (Lipinski definition) is 4. The van der Waals surface area contributed by atoms with Gasteiger partial charge in [-0.15, -0.1) is 0 Å². The van der Waals surface area contributed by atoms with Gasteiger partial charge in [0.2, 0.25) is 0 Å². The van der Waals surface area contributed by atoms with Crippen LogP contribution in [-0.4, -0.2) is 26.7 Å². The lowest BCUT2D eigenvalue weighted by Crippen LogP contribution is -2.24. The maximum atomic E-state index is 10.9. The summed E-state index contributed by atoms with van der Waals surface area (Å²) in [5.74, 6) is 0.934. The van der Waals surface area contributed by atoms with Crippen LogP contribution in [0.1, 0.15) is 0 Å². The Kier molecular flexibility index (Phi) is 3.79. The minimum Gasteiger partial charge on any atom is -0.495 e. The molecule has 15 heavy (non-hydrogen) atoms. The van der Waals surface area contributed by atoms with E-state index in [1.165, 1.54) is 7.11 Å². The largest absolute Gasteiger partial charge is 0.495 e. The van der Waals surface area contributed by atoms with E-state index in [4.69, 9.17) is 15.2 Å². The van der Waals surface area contributed by atoms with Crippen LogP contribution in [0.4, 0.5) is 5.69 Å². The van der Waals surface area contributed by atoms with E-state index in [1.54, 1.807) is 25.2 Å². The fourth-order valence-electron chi connectivity index (χ4n) is 1.02. The lowest BCUT2D eigenvalue weighted by atomic mass is 10.3. The molecule has 0 saturated carbocycles. The van der Waals surface area contributed by atoms with Gasteiger partial charge in [-0.25, -0.2) is 0 Å². The molecule has 5 nitrogen and oxygen atoms in total. The standard InChI is InChI=1S/C10H14N2O3/c1-12-10(13)6-15-7-3-4-9(14-2)8(11)5-7/h3-5H,6,11H2,1-2H3,(H,12,13). The molecule has 0 bridgehead atoms. The molecule has 5 heteroatoms. The van der Waals surface area contributed by atoms with Crippen molar-refractivity contribution in [3.05, 3.63) is 18.2 Å². The summed E-state index contributed by atoms with van der Waals surface area (Å²) in [5, 5.41) is 2.45. The average Bonchev–Trinajstić information content (AvgIpc) is 2.26. The number of nitrogens with one attached hydrogen (secondary N) is 1. The van der Waals surface area contributed by atoms with E-state index in [2.05, 4.69) is 5.32 Å². The van der Waals surface area contributed by atoms with Crippen molar-refractivity contribution in [1.29, 1.82) is 0 Å². The van der Waals surface area contributed by atoms with Crippen LogP contribution >= 0.6 is 0 Å². The number of carbonyl (C=O) groups is 1. The van der Waals surface area contributed by atoms with Crippen molar-refractivity contribution in [3.63, 3.8) is 0 Å². The van der Waals surface area contributed by atoms with Gasteiger partial charge in [0.15, 0.2) is 6.61 Å². The summed E-state index contributed by atoms with van der Waals surface area (Å²) < 4.78 is 10.2. The van der Waals surface area contributed by atoms with Gasteiger partial charge < -0.3 is 20.5 Å². The molecule has 1 aromatic carbocycles. The molecule has 0 radical (unpaired) electrons. The number of ether oxygens (including phenoxy) is 2. The Balaban J connectivity index is 2.63. The number of anilines is 1. The van der Waals surface area contributed by atoms with E-state index >= 15 is 0 Å². The van der Waals surface area contributed by atoms with Gasteiger partial charge >= 0.3 is 0 Å². The molecule has 0 spiro atoms. The minimum atomic E-state index is -0.190. The van der Waals surface area contributed by atoms with Crippen LogP contribution in [0.5, 0.6) is 11.5 Å². The average molecular weight is 210 g/mol. The molecular formula is C10H14N2O3. The van der Waals surface area contributed by atoms with Crippen molar-refractivity contribution < 1.29 is 14.3 Å². The normalized spacial score (nSPS) is 9.47. The molecule has 3 N–H and O–H groups in total. The fourth-order valence-corrected chi connectivity index (χ4v) is 1.02. The van der Waals surface area contributed by atoms with Gasteiger partial charge in [-0.3, -0.25) is 4.79 Å². The predicted octanol–water partition coefficient (Wildman–Crippen LogP) is 0.402. The van der Waals surface area contributed by atoms with Gasteiger partial charge in [0.25, 0.3) is 5.91 Å². The van der Waals surface area contributed by atoms with Crippen molar-refractivity contribution in [2.75, 3.05) is 26.5 Å². The molecule has 0 fully saturated rings. The number of nitrogen functional groups attached to an aromatic ring is 1. The SMILES string of the molecule is CNC(=O)COc1ccc(OC)c(N)c1. The first-order chi connectivity index (χ1) is 7.17.